The van der Waals surface area contributed by atoms with Gasteiger partial charge in [-0.2, -0.15) is 5.26 Å². The van der Waals surface area contributed by atoms with Gasteiger partial charge in [0.1, 0.15) is 17.9 Å². The first kappa shape index (κ1) is 14.4. The van der Waals surface area contributed by atoms with Crippen molar-refractivity contribution in [3.8, 4) is 11.8 Å². The van der Waals surface area contributed by atoms with Crippen molar-refractivity contribution in [2.45, 2.75) is 12.5 Å². The van der Waals surface area contributed by atoms with E-state index in [1.54, 1.807) is 20.0 Å². The van der Waals surface area contributed by atoms with Crippen LogP contribution in [-0.2, 0) is 0 Å². The molecule has 6 nitrogen and oxygen atoms in total. The van der Waals surface area contributed by atoms with E-state index in [2.05, 4.69) is 27.3 Å². The standard InChI is InChI=1S/C11H12BrN3O3/c1-11(6-13,14-2)7-18-10-4-8(12)3-9(5-10)15(16)17/h3-5,14H,7H2,1-2H3. The van der Waals surface area contributed by atoms with Gasteiger partial charge >= 0.3 is 0 Å². The van der Waals surface area contributed by atoms with E-state index in [9.17, 15) is 10.1 Å². The van der Waals surface area contributed by atoms with E-state index in [0.29, 0.717) is 10.2 Å². The van der Waals surface area contributed by atoms with Crippen LogP contribution in [0.25, 0.3) is 0 Å². The maximum atomic E-state index is 10.7. The van der Waals surface area contributed by atoms with E-state index in [1.165, 1.54) is 12.1 Å². The molecule has 1 atom stereocenters. The quantitative estimate of drug-likeness (QED) is 0.665. The van der Waals surface area contributed by atoms with Crippen LogP contribution in [0.3, 0.4) is 0 Å². The lowest BCUT2D eigenvalue weighted by Crippen LogP contribution is -2.43. The Kier molecular flexibility index (Phi) is 4.64. The van der Waals surface area contributed by atoms with Crippen molar-refractivity contribution in [2.24, 2.45) is 0 Å². The summed E-state index contributed by atoms with van der Waals surface area (Å²) in [6.07, 6.45) is 0. The Morgan fingerprint density at radius 3 is 2.78 bits per heavy atom. The minimum Gasteiger partial charge on any atom is -0.490 e. The van der Waals surface area contributed by atoms with Crippen LogP contribution in [0.2, 0.25) is 0 Å². The van der Waals surface area contributed by atoms with Crippen LogP contribution in [0.5, 0.6) is 5.75 Å². The number of nitrogens with zero attached hydrogens (tertiary/aromatic N) is 2. The normalized spacial score (nSPS) is 13.4. The van der Waals surface area contributed by atoms with Gasteiger partial charge in [0.05, 0.1) is 17.1 Å². The highest BCUT2D eigenvalue weighted by molar-refractivity contribution is 9.10. The molecule has 1 aromatic carbocycles. The fourth-order valence-electron chi connectivity index (χ4n) is 1.12. The third kappa shape index (κ3) is 3.68. The summed E-state index contributed by atoms with van der Waals surface area (Å²) in [5.74, 6) is 0.341. The number of halogens is 1. The Balaban J connectivity index is 2.86. The third-order valence-electron chi connectivity index (χ3n) is 2.39. The molecule has 0 heterocycles. The van der Waals surface area contributed by atoms with Gasteiger partial charge in [-0.1, -0.05) is 15.9 Å². The Hall–Kier alpha value is -1.65. The number of likely N-dealkylation sites (N-methyl/N-ethyl adjacent to an activating group) is 1. The lowest BCUT2D eigenvalue weighted by molar-refractivity contribution is -0.385. The van der Waals surface area contributed by atoms with E-state index >= 15 is 0 Å². The molecular weight excluding hydrogens is 302 g/mol. The summed E-state index contributed by atoms with van der Waals surface area (Å²) in [6.45, 7) is 1.77. The zero-order valence-corrected chi connectivity index (χ0v) is 11.5. The van der Waals surface area contributed by atoms with Crippen LogP contribution in [0.4, 0.5) is 5.69 Å². The minimum atomic E-state index is -0.836. The molecule has 0 fully saturated rings. The second-order valence-corrected chi connectivity index (χ2v) is 4.80. The van der Waals surface area contributed by atoms with Crippen molar-refractivity contribution in [1.29, 1.82) is 5.26 Å². The van der Waals surface area contributed by atoms with E-state index in [0.717, 1.165) is 0 Å². The molecule has 0 saturated heterocycles. The first-order chi connectivity index (χ1) is 8.40. The van der Waals surface area contributed by atoms with Gasteiger partial charge < -0.3 is 4.74 Å². The predicted molar refractivity (Wildman–Crippen MR) is 69.4 cm³/mol. The molecule has 0 bridgehead atoms. The molecule has 0 spiro atoms. The molecule has 7 heteroatoms. The Bertz CT molecular complexity index is 501. The van der Waals surface area contributed by atoms with Crippen molar-refractivity contribution >= 4 is 21.6 Å². The van der Waals surface area contributed by atoms with Crippen LogP contribution in [0.1, 0.15) is 6.92 Å². The average Bonchev–Trinajstić information content (AvgIpc) is 2.35. The number of nitrogens with one attached hydrogen (secondary N) is 1. The summed E-state index contributed by atoms with van der Waals surface area (Å²) in [5, 5.41) is 22.5. The second kappa shape index (κ2) is 5.80. The minimum absolute atomic E-state index is 0.0671. The fourth-order valence-corrected chi connectivity index (χ4v) is 1.58. The largest absolute Gasteiger partial charge is 0.490 e. The molecule has 0 amide bonds. The summed E-state index contributed by atoms with van der Waals surface area (Å²) < 4.78 is 5.96. The summed E-state index contributed by atoms with van der Waals surface area (Å²) >= 11 is 3.17. The highest BCUT2D eigenvalue weighted by Crippen LogP contribution is 2.26. The fraction of sp³-hybridized carbons (Fsp3) is 0.364. The number of nitriles is 1. The second-order valence-electron chi connectivity index (χ2n) is 3.88. The maximum Gasteiger partial charge on any atom is 0.274 e. The number of rotatable bonds is 5. The van der Waals surface area contributed by atoms with Crippen LogP contribution in [-0.4, -0.2) is 24.1 Å². The lowest BCUT2D eigenvalue weighted by Gasteiger charge is -2.20. The zero-order valence-electron chi connectivity index (χ0n) is 9.94. The number of hydrogen-bond donors (Lipinski definition) is 1. The summed E-state index contributed by atoms with van der Waals surface area (Å²) in [7, 11) is 1.65. The SMILES string of the molecule is CNC(C)(C#N)COc1cc(Br)cc([N+](=O)[O-])c1. The van der Waals surface area contributed by atoms with Crippen molar-refractivity contribution in [1.82, 2.24) is 5.32 Å². The highest BCUT2D eigenvalue weighted by atomic mass is 79.9. The number of non-ortho nitro benzene ring substituents is 1. The molecule has 0 aliphatic heterocycles. The first-order valence-corrected chi connectivity index (χ1v) is 5.87. The van der Waals surface area contributed by atoms with Gasteiger partial charge in [-0.05, 0) is 20.0 Å². The summed E-state index contributed by atoms with van der Waals surface area (Å²) in [5.41, 5.74) is -0.903. The monoisotopic (exact) mass is 313 g/mol. The highest BCUT2D eigenvalue weighted by Gasteiger charge is 2.22. The number of hydrogen-bond acceptors (Lipinski definition) is 5. The van der Waals surface area contributed by atoms with Crippen molar-refractivity contribution in [3.63, 3.8) is 0 Å². The average molecular weight is 314 g/mol. The first-order valence-electron chi connectivity index (χ1n) is 5.08. The number of benzene rings is 1. The zero-order chi connectivity index (χ0) is 13.8. The molecule has 0 aromatic heterocycles. The van der Waals surface area contributed by atoms with E-state index in [-0.39, 0.29) is 12.3 Å². The molecule has 1 N–H and O–H groups in total. The van der Waals surface area contributed by atoms with Crippen LogP contribution in [0, 0.1) is 21.4 Å². The molecule has 96 valence electrons. The van der Waals surface area contributed by atoms with Gasteiger partial charge in [0.15, 0.2) is 0 Å². The smallest absolute Gasteiger partial charge is 0.274 e. The molecule has 1 aromatic rings. The molecule has 0 saturated carbocycles. The Labute approximate surface area is 113 Å². The summed E-state index contributed by atoms with van der Waals surface area (Å²) in [6, 6.07) is 6.38. The van der Waals surface area contributed by atoms with Gasteiger partial charge in [-0.3, -0.25) is 15.4 Å². The van der Waals surface area contributed by atoms with Crippen LogP contribution >= 0.6 is 15.9 Å². The van der Waals surface area contributed by atoms with Gasteiger partial charge in [0, 0.05) is 10.5 Å². The predicted octanol–water partition coefficient (Wildman–Crippen LogP) is 2.24. The molecule has 1 unspecified atom stereocenters. The molecular formula is C11H12BrN3O3. The van der Waals surface area contributed by atoms with Crippen molar-refractivity contribution < 1.29 is 9.66 Å². The van der Waals surface area contributed by atoms with Crippen LogP contribution in [0.15, 0.2) is 22.7 Å². The van der Waals surface area contributed by atoms with E-state index in [4.69, 9.17) is 10.00 Å². The van der Waals surface area contributed by atoms with E-state index < -0.39 is 10.5 Å². The van der Waals surface area contributed by atoms with Crippen molar-refractivity contribution in [2.75, 3.05) is 13.7 Å². The maximum absolute atomic E-state index is 10.7. The van der Waals surface area contributed by atoms with Gasteiger partial charge in [0.25, 0.3) is 5.69 Å². The Morgan fingerprint density at radius 1 is 1.61 bits per heavy atom. The van der Waals surface area contributed by atoms with Crippen LogP contribution < -0.4 is 10.1 Å². The molecule has 0 aliphatic rings. The van der Waals surface area contributed by atoms with E-state index in [1.807, 2.05) is 0 Å². The Morgan fingerprint density at radius 2 is 2.28 bits per heavy atom. The van der Waals surface area contributed by atoms with Gasteiger partial charge in [-0.25, -0.2) is 0 Å². The van der Waals surface area contributed by atoms with Crippen molar-refractivity contribution in [3.05, 3.63) is 32.8 Å². The molecule has 18 heavy (non-hydrogen) atoms. The number of nitro groups is 1. The van der Waals surface area contributed by atoms with Gasteiger partial charge in [-0.15, -0.1) is 0 Å². The summed E-state index contributed by atoms with van der Waals surface area (Å²) in [4.78, 5) is 10.2. The topological polar surface area (TPSA) is 88.2 Å². The van der Waals surface area contributed by atoms with Gasteiger partial charge in [0.2, 0.25) is 0 Å². The lowest BCUT2D eigenvalue weighted by atomic mass is 10.1. The third-order valence-corrected chi connectivity index (χ3v) is 2.85. The molecule has 0 radical (unpaired) electrons. The molecule has 0 aliphatic carbocycles. The molecule has 1 rings (SSSR count). The number of nitro benzene ring substituents is 1. The number of ether oxygens (including phenoxy) is 1.